The summed E-state index contributed by atoms with van der Waals surface area (Å²) in [5.41, 5.74) is 0.758. The first-order valence-electron chi connectivity index (χ1n) is 5.96. The summed E-state index contributed by atoms with van der Waals surface area (Å²) in [5, 5.41) is 3.87. The second-order valence-corrected chi connectivity index (χ2v) is 5.72. The van der Waals surface area contributed by atoms with E-state index >= 15 is 0 Å². The fourth-order valence-electron chi connectivity index (χ4n) is 1.64. The van der Waals surface area contributed by atoms with Crippen LogP contribution in [0.15, 0.2) is 28.8 Å². The normalized spacial score (nSPS) is 11.1. The Morgan fingerprint density at radius 2 is 2.26 bits per heavy atom. The zero-order valence-electron chi connectivity index (χ0n) is 11.2. The monoisotopic (exact) mass is 276 g/mol. The highest BCUT2D eigenvalue weighted by atomic mass is 32.1. The second-order valence-electron chi connectivity index (χ2n) is 4.40. The van der Waals surface area contributed by atoms with Crippen molar-refractivity contribution in [3.05, 3.63) is 45.5 Å². The summed E-state index contributed by atoms with van der Waals surface area (Å²) in [6.07, 6.45) is 3.42. The van der Waals surface area contributed by atoms with Gasteiger partial charge in [-0.25, -0.2) is 0 Å². The van der Waals surface area contributed by atoms with Crippen LogP contribution in [0.2, 0.25) is 0 Å². The Kier molecular flexibility index (Phi) is 4.16. The molecule has 4 nitrogen and oxygen atoms in total. The number of hydrogen-bond acceptors (Lipinski definition) is 4. The van der Waals surface area contributed by atoms with Gasteiger partial charge in [0, 0.05) is 28.9 Å². The summed E-state index contributed by atoms with van der Waals surface area (Å²) >= 11 is 1.66. The maximum absolute atomic E-state index is 11.9. The Morgan fingerprint density at radius 1 is 1.47 bits per heavy atom. The Balaban J connectivity index is 1.94. The van der Waals surface area contributed by atoms with Crippen molar-refractivity contribution in [1.82, 2.24) is 10.1 Å². The Morgan fingerprint density at radius 3 is 2.84 bits per heavy atom. The summed E-state index contributed by atoms with van der Waals surface area (Å²) < 4.78 is 4.97. The van der Waals surface area contributed by atoms with Crippen LogP contribution in [0, 0.1) is 13.8 Å². The highest BCUT2D eigenvalue weighted by Crippen LogP contribution is 2.16. The van der Waals surface area contributed by atoms with Gasteiger partial charge in [0.05, 0.1) is 6.54 Å². The molecule has 2 heterocycles. The minimum absolute atomic E-state index is 0.0493. The zero-order valence-corrected chi connectivity index (χ0v) is 12.0. The summed E-state index contributed by atoms with van der Waals surface area (Å²) in [6.45, 7) is 4.32. The van der Waals surface area contributed by atoms with Gasteiger partial charge in [-0.15, -0.1) is 11.3 Å². The number of carbonyl (C=O) groups is 1. The predicted molar refractivity (Wildman–Crippen MR) is 75.8 cm³/mol. The van der Waals surface area contributed by atoms with Crippen LogP contribution in [0.3, 0.4) is 0 Å². The molecule has 0 N–H and O–H groups in total. The van der Waals surface area contributed by atoms with Crippen molar-refractivity contribution in [3.63, 3.8) is 0 Å². The highest BCUT2D eigenvalue weighted by molar-refractivity contribution is 7.12. The molecule has 0 radical (unpaired) electrons. The quantitative estimate of drug-likeness (QED) is 0.806. The van der Waals surface area contributed by atoms with Gasteiger partial charge in [-0.1, -0.05) is 5.16 Å². The lowest BCUT2D eigenvalue weighted by Gasteiger charge is -2.12. The van der Waals surface area contributed by atoms with Crippen molar-refractivity contribution in [3.8, 4) is 0 Å². The van der Waals surface area contributed by atoms with Crippen molar-refractivity contribution in [2.75, 3.05) is 7.05 Å². The van der Waals surface area contributed by atoms with Gasteiger partial charge in [0.2, 0.25) is 5.91 Å². The van der Waals surface area contributed by atoms with E-state index in [2.05, 4.69) is 5.16 Å². The number of thiophene rings is 1. The maximum atomic E-state index is 11.9. The van der Waals surface area contributed by atoms with Gasteiger partial charge in [0.25, 0.3) is 0 Å². The van der Waals surface area contributed by atoms with Crippen LogP contribution < -0.4 is 0 Å². The van der Waals surface area contributed by atoms with E-state index in [-0.39, 0.29) is 5.91 Å². The molecular formula is C14H16N2O2S. The smallest absolute Gasteiger partial charge is 0.246 e. The van der Waals surface area contributed by atoms with Gasteiger partial charge in [0.15, 0.2) is 0 Å². The molecule has 0 aromatic carbocycles. The molecule has 2 rings (SSSR count). The number of hydrogen-bond donors (Lipinski definition) is 0. The largest absolute Gasteiger partial charge is 0.361 e. The van der Waals surface area contributed by atoms with Crippen LogP contribution in [0.4, 0.5) is 0 Å². The van der Waals surface area contributed by atoms with Crippen LogP contribution >= 0.6 is 11.3 Å². The second kappa shape index (κ2) is 5.84. The van der Waals surface area contributed by atoms with Gasteiger partial charge in [0.1, 0.15) is 11.5 Å². The van der Waals surface area contributed by atoms with E-state index in [1.54, 1.807) is 29.4 Å². The molecule has 0 saturated heterocycles. The number of amides is 1. The highest BCUT2D eigenvalue weighted by Gasteiger charge is 2.08. The van der Waals surface area contributed by atoms with Gasteiger partial charge < -0.3 is 9.42 Å². The molecule has 0 unspecified atom stereocenters. The fraction of sp³-hybridized carbons (Fsp3) is 0.286. The summed E-state index contributed by atoms with van der Waals surface area (Å²) in [4.78, 5) is 15.8. The molecule has 5 heteroatoms. The topological polar surface area (TPSA) is 46.3 Å². The summed E-state index contributed by atoms with van der Waals surface area (Å²) in [7, 11) is 1.75. The molecule has 1 amide bonds. The summed E-state index contributed by atoms with van der Waals surface area (Å²) in [6, 6.07) is 5.87. The first-order valence-corrected chi connectivity index (χ1v) is 6.78. The molecule has 19 heavy (non-hydrogen) atoms. The minimum atomic E-state index is -0.0493. The minimum Gasteiger partial charge on any atom is -0.361 e. The molecule has 100 valence electrons. The van der Waals surface area contributed by atoms with Crippen LogP contribution in [0.5, 0.6) is 0 Å². The van der Waals surface area contributed by atoms with E-state index in [0.717, 1.165) is 16.3 Å². The molecule has 0 aliphatic carbocycles. The van der Waals surface area contributed by atoms with Gasteiger partial charge >= 0.3 is 0 Å². The SMILES string of the molecule is Cc1cc(CN(C)C(=O)C=Cc2ccc(C)s2)no1. The van der Waals surface area contributed by atoms with E-state index in [0.29, 0.717) is 6.54 Å². The van der Waals surface area contributed by atoms with Crippen LogP contribution in [0.1, 0.15) is 21.2 Å². The van der Waals surface area contributed by atoms with E-state index < -0.39 is 0 Å². The van der Waals surface area contributed by atoms with Crippen molar-refractivity contribution < 1.29 is 9.32 Å². The van der Waals surface area contributed by atoms with Gasteiger partial charge in [-0.2, -0.15) is 0 Å². The van der Waals surface area contributed by atoms with Gasteiger partial charge in [-0.3, -0.25) is 4.79 Å². The number of likely N-dealkylation sites (N-methyl/N-ethyl adjacent to an activating group) is 1. The molecule has 0 bridgehead atoms. The van der Waals surface area contributed by atoms with Crippen molar-refractivity contribution in [1.29, 1.82) is 0 Å². The van der Waals surface area contributed by atoms with Crippen molar-refractivity contribution in [2.24, 2.45) is 0 Å². The van der Waals surface area contributed by atoms with Crippen molar-refractivity contribution >= 4 is 23.3 Å². The lowest BCUT2D eigenvalue weighted by Crippen LogP contribution is -2.24. The molecule has 0 aliphatic heterocycles. The number of aromatic nitrogens is 1. The Labute approximate surface area is 116 Å². The Hall–Kier alpha value is -1.88. The molecule has 2 aromatic rings. The lowest BCUT2D eigenvalue weighted by atomic mass is 10.3. The van der Waals surface area contributed by atoms with E-state index in [9.17, 15) is 4.79 Å². The summed E-state index contributed by atoms with van der Waals surface area (Å²) in [5.74, 6) is 0.701. The standard InChI is InChI=1S/C14H16N2O2S/c1-10-8-12(15-18-10)9-16(3)14(17)7-6-13-5-4-11(2)19-13/h4-8H,9H2,1-3H3. The Bertz CT molecular complexity index is 598. The fourth-order valence-corrected chi connectivity index (χ4v) is 2.42. The van der Waals surface area contributed by atoms with E-state index in [1.807, 2.05) is 38.1 Å². The molecule has 0 fully saturated rings. The molecule has 0 atom stereocenters. The third-order valence-corrected chi connectivity index (χ3v) is 3.57. The number of rotatable bonds is 4. The molecule has 0 saturated carbocycles. The number of aryl methyl sites for hydroxylation is 2. The molecule has 2 aromatic heterocycles. The lowest BCUT2D eigenvalue weighted by molar-refractivity contribution is -0.125. The average Bonchev–Trinajstić information content (AvgIpc) is 2.95. The van der Waals surface area contributed by atoms with Crippen LogP contribution in [0.25, 0.3) is 6.08 Å². The first-order chi connectivity index (χ1) is 9.04. The zero-order chi connectivity index (χ0) is 13.8. The van der Waals surface area contributed by atoms with Crippen LogP contribution in [-0.2, 0) is 11.3 Å². The van der Waals surface area contributed by atoms with E-state index in [1.165, 1.54) is 4.88 Å². The maximum Gasteiger partial charge on any atom is 0.246 e. The third-order valence-electron chi connectivity index (χ3n) is 2.60. The van der Waals surface area contributed by atoms with Gasteiger partial charge in [-0.05, 0) is 32.1 Å². The first kappa shape index (κ1) is 13.5. The number of carbonyl (C=O) groups excluding carboxylic acids is 1. The molecule has 0 aliphatic rings. The molecule has 0 spiro atoms. The van der Waals surface area contributed by atoms with E-state index in [4.69, 9.17) is 4.52 Å². The third kappa shape index (κ3) is 3.79. The number of nitrogens with zero attached hydrogens (tertiary/aromatic N) is 2. The predicted octanol–water partition coefficient (Wildman–Crippen LogP) is 3.02. The van der Waals surface area contributed by atoms with Crippen molar-refractivity contribution in [2.45, 2.75) is 20.4 Å². The average molecular weight is 276 g/mol. The molecular weight excluding hydrogens is 260 g/mol. The van der Waals surface area contributed by atoms with Crippen LogP contribution in [-0.4, -0.2) is 23.0 Å².